The molecule has 1 aliphatic heterocycles. The number of nitrogens with zero attached hydrogens (tertiary/aromatic N) is 1. The van der Waals surface area contributed by atoms with Crippen LogP contribution in [0.4, 0.5) is 4.79 Å². The van der Waals surface area contributed by atoms with Crippen LogP contribution in [0.1, 0.15) is 33.1 Å². The van der Waals surface area contributed by atoms with Gasteiger partial charge in [0.05, 0.1) is 0 Å². The Bertz CT molecular complexity index is 325. The Morgan fingerprint density at radius 1 is 1.38 bits per heavy atom. The van der Waals surface area contributed by atoms with E-state index in [9.17, 15) is 9.59 Å². The number of nitrogens with one attached hydrogen (secondary N) is 1. The zero-order chi connectivity index (χ0) is 11.9. The number of urea groups is 1. The first-order chi connectivity index (χ1) is 7.44. The maximum absolute atomic E-state index is 11.9. The molecule has 2 atom stereocenters. The minimum atomic E-state index is -0.970. The van der Waals surface area contributed by atoms with Gasteiger partial charge in [-0.3, -0.25) is 0 Å². The lowest BCUT2D eigenvalue weighted by Gasteiger charge is -2.24. The van der Waals surface area contributed by atoms with Gasteiger partial charge in [-0.15, -0.1) is 0 Å². The predicted molar refractivity (Wildman–Crippen MR) is 58.1 cm³/mol. The second kappa shape index (κ2) is 3.64. The highest BCUT2D eigenvalue weighted by Crippen LogP contribution is 2.36. The molecule has 90 valence electrons. The first-order valence-electron chi connectivity index (χ1n) is 5.77. The monoisotopic (exact) mass is 226 g/mol. The lowest BCUT2D eigenvalue weighted by molar-refractivity contribution is -0.140. The Kier molecular flexibility index (Phi) is 2.56. The molecule has 2 N–H and O–H groups in total. The van der Waals surface area contributed by atoms with Crippen LogP contribution in [0.2, 0.25) is 0 Å². The Morgan fingerprint density at radius 3 is 2.38 bits per heavy atom. The van der Waals surface area contributed by atoms with Crippen LogP contribution in [0.25, 0.3) is 0 Å². The molecule has 5 heteroatoms. The van der Waals surface area contributed by atoms with Gasteiger partial charge in [-0.2, -0.15) is 0 Å². The zero-order valence-corrected chi connectivity index (χ0v) is 9.69. The zero-order valence-electron chi connectivity index (χ0n) is 9.69. The van der Waals surface area contributed by atoms with Crippen molar-refractivity contribution in [2.45, 2.75) is 44.7 Å². The molecule has 16 heavy (non-hydrogen) atoms. The molecule has 0 aromatic rings. The maximum Gasteiger partial charge on any atom is 0.329 e. The molecule has 1 heterocycles. The van der Waals surface area contributed by atoms with Gasteiger partial charge in [0.25, 0.3) is 0 Å². The minimum Gasteiger partial charge on any atom is -0.480 e. The van der Waals surface area contributed by atoms with Gasteiger partial charge in [-0.25, -0.2) is 9.59 Å². The van der Waals surface area contributed by atoms with Crippen LogP contribution in [-0.2, 0) is 4.79 Å². The second-order valence-electron chi connectivity index (χ2n) is 5.16. The largest absolute Gasteiger partial charge is 0.480 e. The molecule has 2 rings (SSSR count). The molecule has 1 saturated carbocycles. The number of aliphatic carboxylic acids is 1. The fourth-order valence-electron chi connectivity index (χ4n) is 2.38. The van der Waals surface area contributed by atoms with Gasteiger partial charge in [-0.05, 0) is 32.1 Å². The molecule has 2 unspecified atom stereocenters. The van der Waals surface area contributed by atoms with Crippen molar-refractivity contribution in [3.63, 3.8) is 0 Å². The first kappa shape index (κ1) is 11.2. The van der Waals surface area contributed by atoms with E-state index in [-0.39, 0.29) is 12.1 Å². The molecule has 0 spiro atoms. The maximum atomic E-state index is 11.9. The van der Waals surface area contributed by atoms with Gasteiger partial charge in [0.1, 0.15) is 5.54 Å². The average Bonchev–Trinajstić information content (AvgIpc) is 2.87. The van der Waals surface area contributed by atoms with E-state index in [1.165, 1.54) is 0 Å². The molecule has 2 aliphatic rings. The molecule has 2 fully saturated rings. The second-order valence-corrected chi connectivity index (χ2v) is 5.16. The first-order valence-corrected chi connectivity index (χ1v) is 5.77. The van der Waals surface area contributed by atoms with E-state index in [2.05, 4.69) is 12.2 Å². The van der Waals surface area contributed by atoms with Crippen molar-refractivity contribution in [2.24, 2.45) is 5.92 Å². The van der Waals surface area contributed by atoms with Gasteiger partial charge in [0.15, 0.2) is 0 Å². The van der Waals surface area contributed by atoms with Crippen molar-refractivity contribution in [3.05, 3.63) is 0 Å². The number of rotatable bonds is 2. The highest BCUT2D eigenvalue weighted by Gasteiger charge is 2.52. The predicted octanol–water partition coefficient (Wildman–Crippen LogP) is 1.04. The summed E-state index contributed by atoms with van der Waals surface area (Å²) in [5.41, 5.74) is -0.970. The van der Waals surface area contributed by atoms with E-state index in [1.807, 2.05) is 6.92 Å². The summed E-state index contributed by atoms with van der Waals surface area (Å²) in [5.74, 6) is -0.415. The van der Waals surface area contributed by atoms with Crippen LogP contribution in [0, 0.1) is 5.92 Å². The van der Waals surface area contributed by atoms with E-state index >= 15 is 0 Å². The molecule has 5 nitrogen and oxygen atoms in total. The number of carboxylic acid groups (broad SMARTS) is 1. The van der Waals surface area contributed by atoms with E-state index in [1.54, 1.807) is 4.90 Å². The molecular weight excluding hydrogens is 208 g/mol. The number of carboxylic acids is 1. The molecule has 0 radical (unpaired) electrons. The standard InChI is InChI=1S/C11H18N2O3/c1-7-5-8(2)13(6-7)10(16)12-11(3-4-11)9(14)15/h7-8H,3-6H2,1-2H3,(H,12,16)(H,14,15). The third-order valence-corrected chi connectivity index (χ3v) is 3.55. The summed E-state index contributed by atoms with van der Waals surface area (Å²) in [7, 11) is 0. The number of carbonyl (C=O) groups is 2. The Labute approximate surface area is 94.8 Å². The molecule has 0 bridgehead atoms. The third-order valence-electron chi connectivity index (χ3n) is 3.55. The molecule has 1 saturated heterocycles. The highest BCUT2D eigenvalue weighted by molar-refractivity contribution is 5.89. The Hall–Kier alpha value is -1.26. The summed E-state index contributed by atoms with van der Waals surface area (Å²) < 4.78 is 0. The van der Waals surface area contributed by atoms with Crippen molar-refractivity contribution < 1.29 is 14.7 Å². The molecule has 2 amide bonds. The van der Waals surface area contributed by atoms with Crippen LogP contribution >= 0.6 is 0 Å². The van der Waals surface area contributed by atoms with E-state index in [4.69, 9.17) is 5.11 Å². The lowest BCUT2D eigenvalue weighted by Crippen LogP contribution is -2.50. The van der Waals surface area contributed by atoms with Crippen molar-refractivity contribution >= 4 is 12.0 Å². The Balaban J connectivity index is 1.96. The van der Waals surface area contributed by atoms with Crippen molar-refractivity contribution in [2.75, 3.05) is 6.54 Å². The number of hydrogen-bond donors (Lipinski definition) is 2. The van der Waals surface area contributed by atoms with E-state index in [0.29, 0.717) is 18.8 Å². The van der Waals surface area contributed by atoms with Crippen LogP contribution in [0.5, 0.6) is 0 Å². The number of likely N-dealkylation sites (tertiary alicyclic amines) is 1. The van der Waals surface area contributed by atoms with Crippen molar-refractivity contribution in [3.8, 4) is 0 Å². The number of hydrogen-bond acceptors (Lipinski definition) is 2. The summed E-state index contributed by atoms with van der Waals surface area (Å²) in [6.07, 6.45) is 2.09. The normalized spacial score (nSPS) is 31.2. The van der Waals surface area contributed by atoms with Crippen LogP contribution in [-0.4, -0.2) is 40.1 Å². The highest BCUT2D eigenvalue weighted by atomic mass is 16.4. The summed E-state index contributed by atoms with van der Waals surface area (Å²) in [6.45, 7) is 4.83. The van der Waals surface area contributed by atoms with Crippen LogP contribution in [0.15, 0.2) is 0 Å². The van der Waals surface area contributed by atoms with Gasteiger partial charge >= 0.3 is 12.0 Å². The third kappa shape index (κ3) is 1.86. The van der Waals surface area contributed by atoms with Crippen LogP contribution in [0.3, 0.4) is 0 Å². The van der Waals surface area contributed by atoms with Gasteiger partial charge in [-0.1, -0.05) is 6.92 Å². The van der Waals surface area contributed by atoms with Crippen LogP contribution < -0.4 is 5.32 Å². The van der Waals surface area contributed by atoms with Crippen molar-refractivity contribution in [1.82, 2.24) is 10.2 Å². The number of amides is 2. The smallest absolute Gasteiger partial charge is 0.329 e. The summed E-state index contributed by atoms with van der Waals surface area (Å²) in [4.78, 5) is 24.6. The fraction of sp³-hybridized carbons (Fsp3) is 0.818. The van der Waals surface area contributed by atoms with E-state index < -0.39 is 11.5 Å². The summed E-state index contributed by atoms with van der Waals surface area (Å²) in [5, 5.41) is 11.6. The quantitative estimate of drug-likeness (QED) is 0.739. The lowest BCUT2D eigenvalue weighted by atomic mass is 10.1. The molecule has 1 aliphatic carbocycles. The average molecular weight is 226 g/mol. The molecule has 0 aromatic heterocycles. The van der Waals surface area contributed by atoms with Crippen molar-refractivity contribution in [1.29, 1.82) is 0 Å². The molecular formula is C11H18N2O3. The summed E-state index contributed by atoms with van der Waals surface area (Å²) in [6, 6.07) is -0.0173. The van der Waals surface area contributed by atoms with Gasteiger partial charge in [0.2, 0.25) is 0 Å². The SMILES string of the molecule is CC1CC(C)N(C(=O)NC2(C(=O)O)CC2)C1. The van der Waals surface area contributed by atoms with E-state index in [0.717, 1.165) is 13.0 Å². The molecule has 0 aromatic carbocycles. The van der Waals surface area contributed by atoms with Gasteiger partial charge < -0.3 is 15.3 Å². The summed E-state index contributed by atoms with van der Waals surface area (Å²) >= 11 is 0. The minimum absolute atomic E-state index is 0.208. The number of carbonyl (C=O) groups excluding carboxylic acids is 1. The topological polar surface area (TPSA) is 69.6 Å². The van der Waals surface area contributed by atoms with Gasteiger partial charge in [0, 0.05) is 12.6 Å². The fourth-order valence-corrected chi connectivity index (χ4v) is 2.38. The Morgan fingerprint density at radius 2 is 2.00 bits per heavy atom.